The molecule has 4 heteroatoms. The van der Waals surface area contributed by atoms with Crippen LogP contribution in [0.2, 0.25) is 0 Å². The average molecular weight is 267 g/mol. The summed E-state index contributed by atoms with van der Waals surface area (Å²) in [5.41, 5.74) is 0. The van der Waals surface area contributed by atoms with Crippen LogP contribution in [-0.4, -0.2) is 61.5 Å². The van der Waals surface area contributed by atoms with Crippen LogP contribution in [0.1, 0.15) is 33.1 Å². The highest BCUT2D eigenvalue weighted by molar-refractivity contribution is 5.77. The second-order valence-electron chi connectivity index (χ2n) is 6.49. The molecule has 3 atom stereocenters. The van der Waals surface area contributed by atoms with Crippen molar-refractivity contribution in [2.24, 2.45) is 11.8 Å². The van der Waals surface area contributed by atoms with Crippen molar-refractivity contribution < 1.29 is 4.79 Å². The summed E-state index contributed by atoms with van der Waals surface area (Å²) in [6.07, 6.45) is 3.26. The predicted molar refractivity (Wildman–Crippen MR) is 78.0 cm³/mol. The van der Waals surface area contributed by atoms with Gasteiger partial charge in [-0.2, -0.15) is 0 Å². The Kier molecular flexibility index (Phi) is 5.22. The van der Waals surface area contributed by atoms with E-state index in [9.17, 15) is 4.79 Å². The van der Waals surface area contributed by atoms with Crippen LogP contribution in [0.4, 0.5) is 0 Å². The van der Waals surface area contributed by atoms with E-state index in [0.717, 1.165) is 39.1 Å². The summed E-state index contributed by atoms with van der Waals surface area (Å²) in [4.78, 5) is 16.9. The molecule has 19 heavy (non-hydrogen) atoms. The lowest BCUT2D eigenvalue weighted by Gasteiger charge is -2.39. The van der Waals surface area contributed by atoms with Crippen LogP contribution in [0.15, 0.2) is 0 Å². The van der Waals surface area contributed by atoms with E-state index >= 15 is 0 Å². The van der Waals surface area contributed by atoms with Gasteiger partial charge in [0.1, 0.15) is 0 Å². The first-order chi connectivity index (χ1) is 9.08. The van der Waals surface area contributed by atoms with Gasteiger partial charge in [0.2, 0.25) is 5.91 Å². The second kappa shape index (κ2) is 6.71. The molecule has 1 N–H and O–H groups in total. The molecule has 2 rings (SSSR count). The van der Waals surface area contributed by atoms with Gasteiger partial charge in [-0.15, -0.1) is 0 Å². The van der Waals surface area contributed by atoms with E-state index in [1.54, 1.807) is 0 Å². The molecule has 110 valence electrons. The lowest BCUT2D eigenvalue weighted by molar-refractivity contribution is -0.136. The van der Waals surface area contributed by atoms with E-state index < -0.39 is 0 Å². The van der Waals surface area contributed by atoms with Crippen molar-refractivity contribution >= 4 is 5.91 Å². The summed E-state index contributed by atoms with van der Waals surface area (Å²) >= 11 is 0. The third kappa shape index (κ3) is 3.93. The molecule has 2 aliphatic rings. The Labute approximate surface area is 117 Å². The number of hydrogen-bond donors (Lipinski definition) is 1. The second-order valence-corrected chi connectivity index (χ2v) is 6.49. The van der Waals surface area contributed by atoms with E-state index in [-0.39, 0.29) is 0 Å². The van der Waals surface area contributed by atoms with Gasteiger partial charge >= 0.3 is 0 Å². The summed E-state index contributed by atoms with van der Waals surface area (Å²) in [5, 5.41) is 3.45. The van der Waals surface area contributed by atoms with Crippen molar-refractivity contribution in [3.8, 4) is 0 Å². The van der Waals surface area contributed by atoms with Crippen molar-refractivity contribution in [1.29, 1.82) is 0 Å². The van der Waals surface area contributed by atoms with Crippen molar-refractivity contribution in [3.05, 3.63) is 0 Å². The summed E-state index contributed by atoms with van der Waals surface area (Å²) in [5.74, 6) is 1.55. The molecule has 2 saturated heterocycles. The van der Waals surface area contributed by atoms with Gasteiger partial charge < -0.3 is 15.1 Å². The number of likely N-dealkylation sites (N-methyl/N-ethyl adjacent to an activating group) is 1. The lowest BCUT2D eigenvalue weighted by atomic mass is 9.85. The number of nitrogens with one attached hydrogen (secondary N) is 1. The molecular weight excluding hydrogens is 238 g/mol. The highest BCUT2D eigenvalue weighted by Gasteiger charge is 2.28. The number of carbonyl (C=O) groups excluding carboxylic acids is 1. The molecule has 2 aliphatic heterocycles. The van der Waals surface area contributed by atoms with Crippen molar-refractivity contribution in [1.82, 2.24) is 15.1 Å². The summed E-state index contributed by atoms with van der Waals surface area (Å²) in [7, 11) is 2.13. The van der Waals surface area contributed by atoms with Crippen LogP contribution in [0.3, 0.4) is 0 Å². The first-order valence-corrected chi connectivity index (χ1v) is 7.76. The highest BCUT2D eigenvalue weighted by Crippen LogP contribution is 2.24. The van der Waals surface area contributed by atoms with Gasteiger partial charge in [-0.05, 0) is 51.7 Å². The standard InChI is InChI=1S/C15H29N3O/c1-12(14-5-4-6-16-10-14)9-15(19)18-8-7-17(3)11-13(18)2/h12-14,16H,4-11H2,1-3H3. The Hall–Kier alpha value is -0.610. The number of piperidine rings is 1. The van der Waals surface area contributed by atoms with Gasteiger partial charge in [-0.3, -0.25) is 4.79 Å². The number of carbonyl (C=O) groups is 1. The summed E-state index contributed by atoms with van der Waals surface area (Å²) in [6.45, 7) is 9.56. The van der Waals surface area contributed by atoms with E-state index in [4.69, 9.17) is 0 Å². The number of nitrogens with zero attached hydrogens (tertiary/aromatic N) is 2. The maximum atomic E-state index is 12.5. The fraction of sp³-hybridized carbons (Fsp3) is 0.933. The topological polar surface area (TPSA) is 35.6 Å². The third-order valence-electron chi connectivity index (χ3n) is 4.79. The first-order valence-electron chi connectivity index (χ1n) is 7.76. The molecule has 0 bridgehead atoms. The molecule has 3 unspecified atom stereocenters. The Morgan fingerprint density at radius 3 is 2.84 bits per heavy atom. The quantitative estimate of drug-likeness (QED) is 0.834. The number of hydrogen-bond acceptors (Lipinski definition) is 3. The van der Waals surface area contributed by atoms with Crippen LogP contribution < -0.4 is 5.32 Å². The minimum Gasteiger partial charge on any atom is -0.337 e. The van der Waals surface area contributed by atoms with Crippen LogP contribution in [0, 0.1) is 11.8 Å². The van der Waals surface area contributed by atoms with Crippen LogP contribution >= 0.6 is 0 Å². The highest BCUT2D eigenvalue weighted by atomic mass is 16.2. The number of piperazine rings is 1. The maximum absolute atomic E-state index is 12.5. The zero-order valence-electron chi connectivity index (χ0n) is 12.7. The predicted octanol–water partition coefficient (Wildman–Crippen LogP) is 1.17. The number of amides is 1. The third-order valence-corrected chi connectivity index (χ3v) is 4.79. The molecule has 2 heterocycles. The van der Waals surface area contributed by atoms with Crippen molar-refractivity contribution in [3.63, 3.8) is 0 Å². The minimum atomic E-state index is 0.360. The molecule has 1 amide bonds. The fourth-order valence-electron chi connectivity index (χ4n) is 3.43. The molecule has 2 fully saturated rings. The van der Waals surface area contributed by atoms with E-state index in [0.29, 0.717) is 23.8 Å². The van der Waals surface area contributed by atoms with Gasteiger partial charge in [-0.1, -0.05) is 6.92 Å². The average Bonchev–Trinajstić information content (AvgIpc) is 2.39. The summed E-state index contributed by atoms with van der Waals surface area (Å²) < 4.78 is 0. The smallest absolute Gasteiger partial charge is 0.223 e. The molecular formula is C15H29N3O. The van der Waals surface area contributed by atoms with Crippen molar-refractivity contribution in [2.45, 2.75) is 39.2 Å². The SMILES string of the molecule is CC(CC(=O)N1CCN(C)CC1C)C1CCCNC1. The Bertz CT molecular complexity index is 302. The van der Waals surface area contributed by atoms with Gasteiger partial charge in [-0.25, -0.2) is 0 Å². The summed E-state index contributed by atoms with van der Waals surface area (Å²) in [6, 6.07) is 0.364. The van der Waals surface area contributed by atoms with Gasteiger partial charge in [0.05, 0.1) is 0 Å². The van der Waals surface area contributed by atoms with Crippen LogP contribution in [0.25, 0.3) is 0 Å². The first kappa shape index (κ1) is 14.8. The maximum Gasteiger partial charge on any atom is 0.223 e. The molecule has 0 radical (unpaired) electrons. The largest absolute Gasteiger partial charge is 0.337 e. The monoisotopic (exact) mass is 267 g/mol. The molecule has 0 aliphatic carbocycles. The van der Waals surface area contributed by atoms with Crippen LogP contribution in [-0.2, 0) is 4.79 Å². The molecule has 0 aromatic rings. The van der Waals surface area contributed by atoms with Crippen LogP contribution in [0.5, 0.6) is 0 Å². The zero-order valence-corrected chi connectivity index (χ0v) is 12.7. The molecule has 0 spiro atoms. The van der Waals surface area contributed by atoms with Crippen molar-refractivity contribution in [2.75, 3.05) is 39.8 Å². The van der Waals surface area contributed by atoms with Gasteiger partial charge in [0.15, 0.2) is 0 Å². The Morgan fingerprint density at radius 2 is 2.21 bits per heavy atom. The lowest BCUT2D eigenvalue weighted by Crippen LogP contribution is -2.53. The molecule has 0 aromatic heterocycles. The molecule has 4 nitrogen and oxygen atoms in total. The van der Waals surface area contributed by atoms with E-state index in [1.807, 2.05) is 0 Å². The van der Waals surface area contributed by atoms with Gasteiger partial charge in [0.25, 0.3) is 0 Å². The Balaban J connectivity index is 1.82. The zero-order chi connectivity index (χ0) is 13.8. The number of rotatable bonds is 3. The van der Waals surface area contributed by atoms with Gasteiger partial charge in [0, 0.05) is 32.1 Å². The van der Waals surface area contributed by atoms with E-state index in [2.05, 4.69) is 36.0 Å². The Morgan fingerprint density at radius 1 is 1.42 bits per heavy atom. The molecule has 0 aromatic carbocycles. The molecule has 0 saturated carbocycles. The normalized spacial score (nSPS) is 31.2. The van der Waals surface area contributed by atoms with E-state index in [1.165, 1.54) is 12.8 Å². The minimum absolute atomic E-state index is 0.360. The fourth-order valence-corrected chi connectivity index (χ4v) is 3.43.